The Kier molecular flexibility index (Phi) is 15.8. The van der Waals surface area contributed by atoms with Crippen LogP contribution in [0.2, 0.25) is 0 Å². The van der Waals surface area contributed by atoms with E-state index in [1.165, 1.54) is 6.92 Å². The van der Waals surface area contributed by atoms with Crippen LogP contribution in [-0.4, -0.2) is 40.8 Å². The first-order chi connectivity index (χ1) is 3.63. The monoisotopic (exact) mass is 295 g/mol. The van der Waals surface area contributed by atoms with E-state index in [-0.39, 0.29) is 59.0 Å². The number of carbonyl (C=O) groups excluding carboxylic acids is 1. The molecular formula is C5H9NiO3Sn. The van der Waals surface area contributed by atoms with E-state index in [1.54, 1.807) is 0 Å². The molecule has 0 bridgehead atoms. The Hall–Kier alpha value is 0.432. The summed E-state index contributed by atoms with van der Waals surface area (Å²) in [6.07, 6.45) is 0.102. The molecule has 1 N–H and O–H groups in total. The van der Waals surface area contributed by atoms with E-state index in [0.29, 0.717) is 0 Å². The maximum absolute atomic E-state index is 10.1. The third-order valence-electron chi connectivity index (χ3n) is 0.691. The summed E-state index contributed by atoms with van der Waals surface area (Å²) in [5.74, 6) is -0.993. The van der Waals surface area contributed by atoms with E-state index in [4.69, 9.17) is 5.11 Å². The molecule has 0 saturated carbocycles. The summed E-state index contributed by atoms with van der Waals surface area (Å²) in [6, 6.07) is 0. The summed E-state index contributed by atoms with van der Waals surface area (Å²) in [4.78, 5) is 19.8. The Morgan fingerprint density at radius 3 is 1.80 bits per heavy atom. The molecule has 0 aliphatic rings. The van der Waals surface area contributed by atoms with Gasteiger partial charge in [0.05, 0.1) is 6.42 Å². The first-order valence-electron chi connectivity index (χ1n) is 2.34. The fourth-order valence-corrected chi connectivity index (χ4v) is 0.283. The molecule has 0 heterocycles. The van der Waals surface area contributed by atoms with Crippen molar-refractivity contribution in [2.24, 2.45) is 0 Å². The van der Waals surface area contributed by atoms with Crippen molar-refractivity contribution in [1.29, 1.82) is 0 Å². The predicted molar refractivity (Wildman–Crippen MR) is 34.7 cm³/mol. The number of carbonyl (C=O) groups is 2. The molecule has 0 aliphatic heterocycles. The van der Waals surface area contributed by atoms with Crippen molar-refractivity contribution in [2.75, 3.05) is 0 Å². The molecule has 0 spiro atoms. The quantitative estimate of drug-likeness (QED) is 0.733. The molecule has 0 fully saturated rings. The number of ketones is 1. The van der Waals surface area contributed by atoms with E-state index in [2.05, 4.69) is 0 Å². The van der Waals surface area contributed by atoms with Crippen molar-refractivity contribution < 1.29 is 31.2 Å². The van der Waals surface area contributed by atoms with Gasteiger partial charge in [-0.05, 0) is 6.92 Å². The Morgan fingerprint density at radius 1 is 1.30 bits per heavy atom. The molecule has 3 nitrogen and oxygen atoms in total. The second kappa shape index (κ2) is 9.43. The molecule has 0 atom stereocenters. The van der Waals surface area contributed by atoms with Gasteiger partial charge in [-0.25, -0.2) is 0 Å². The van der Waals surface area contributed by atoms with Crippen molar-refractivity contribution in [2.45, 2.75) is 19.8 Å². The summed E-state index contributed by atoms with van der Waals surface area (Å²) in [6.45, 7) is 1.38. The van der Waals surface area contributed by atoms with Crippen molar-refractivity contribution in [3.05, 3.63) is 0 Å². The fourth-order valence-electron chi connectivity index (χ4n) is 0.283. The Labute approximate surface area is 86.4 Å². The zero-order valence-electron chi connectivity index (χ0n) is 5.57. The van der Waals surface area contributed by atoms with Crippen LogP contribution in [0.4, 0.5) is 0 Å². The van der Waals surface area contributed by atoms with Gasteiger partial charge in [0.1, 0.15) is 5.78 Å². The maximum atomic E-state index is 10.1. The van der Waals surface area contributed by atoms with Gasteiger partial charge in [0.2, 0.25) is 0 Å². The van der Waals surface area contributed by atoms with Gasteiger partial charge in [-0.2, -0.15) is 0 Å². The van der Waals surface area contributed by atoms with Crippen LogP contribution in [0.25, 0.3) is 0 Å². The summed E-state index contributed by atoms with van der Waals surface area (Å²) in [5, 5.41) is 8.01. The number of carboxylic acid groups (broad SMARTS) is 1. The number of carboxylic acids is 1. The van der Waals surface area contributed by atoms with Crippen LogP contribution < -0.4 is 0 Å². The minimum atomic E-state index is -0.916. The average molecular weight is 295 g/mol. The molecule has 0 amide bonds. The molecule has 0 unspecified atom stereocenters. The predicted octanol–water partition coefficient (Wildman–Crippen LogP) is -0.211. The van der Waals surface area contributed by atoms with Crippen LogP contribution in [-0.2, 0) is 26.1 Å². The van der Waals surface area contributed by atoms with Crippen molar-refractivity contribution in [3.8, 4) is 0 Å². The summed E-state index contributed by atoms with van der Waals surface area (Å²) < 4.78 is 0. The van der Waals surface area contributed by atoms with Gasteiger partial charge < -0.3 is 9.90 Å². The van der Waals surface area contributed by atoms with Gasteiger partial charge in [0, 0.05) is 22.9 Å². The van der Waals surface area contributed by atoms with Crippen LogP contribution in [0.1, 0.15) is 19.8 Å². The molecule has 0 rings (SSSR count). The van der Waals surface area contributed by atoms with Gasteiger partial charge in [-0.1, -0.05) is 0 Å². The Morgan fingerprint density at radius 2 is 1.70 bits per heavy atom. The van der Waals surface area contributed by atoms with Crippen LogP contribution >= 0.6 is 0 Å². The molecule has 0 aromatic rings. The number of aliphatic carboxylic acids is 1. The van der Waals surface area contributed by atoms with Gasteiger partial charge >= 0.3 is 29.9 Å². The number of rotatable bonds is 3. The van der Waals surface area contributed by atoms with Crippen LogP contribution in [0, 0.1) is 0 Å². The SMILES string of the molecule is CC(=O)CCC(=O)O.[Ni].[SnH]. The molecule has 0 aromatic heterocycles. The third kappa shape index (κ3) is 15.8. The average Bonchev–Trinajstić information content (AvgIpc) is 1.61. The van der Waals surface area contributed by atoms with E-state index in [9.17, 15) is 9.59 Å². The van der Waals surface area contributed by atoms with E-state index < -0.39 is 5.97 Å². The Bertz CT molecular complexity index is 101. The molecule has 10 heavy (non-hydrogen) atoms. The number of hydrogen-bond acceptors (Lipinski definition) is 2. The van der Waals surface area contributed by atoms with Crippen LogP contribution in [0.5, 0.6) is 0 Å². The number of hydrogen-bond donors (Lipinski definition) is 1. The Balaban J connectivity index is -0.000000245. The minimum absolute atomic E-state index is 0. The van der Waals surface area contributed by atoms with Crippen LogP contribution in [0.15, 0.2) is 0 Å². The van der Waals surface area contributed by atoms with Gasteiger partial charge in [-0.15, -0.1) is 0 Å². The van der Waals surface area contributed by atoms with Crippen molar-refractivity contribution >= 4 is 35.7 Å². The first kappa shape index (κ1) is 16.8. The summed E-state index contributed by atoms with van der Waals surface area (Å²) >= 11 is 0. The molecule has 61 valence electrons. The summed E-state index contributed by atoms with van der Waals surface area (Å²) in [7, 11) is 0. The molecule has 3 radical (unpaired) electrons. The third-order valence-corrected chi connectivity index (χ3v) is 0.691. The summed E-state index contributed by atoms with van der Waals surface area (Å²) in [5.41, 5.74) is 0. The van der Waals surface area contributed by atoms with E-state index >= 15 is 0 Å². The number of Topliss-reactive ketones (excluding diaryl/α,β-unsaturated/α-hetero) is 1. The van der Waals surface area contributed by atoms with Gasteiger partial charge in [-0.3, -0.25) is 4.79 Å². The normalized spacial score (nSPS) is 6.90. The van der Waals surface area contributed by atoms with E-state index in [1.807, 2.05) is 0 Å². The molecule has 5 heteroatoms. The second-order valence-electron chi connectivity index (χ2n) is 1.60. The topological polar surface area (TPSA) is 54.4 Å². The van der Waals surface area contributed by atoms with Crippen molar-refractivity contribution in [1.82, 2.24) is 0 Å². The zero-order valence-corrected chi connectivity index (χ0v) is 9.85. The standard InChI is InChI=1S/C5H8O3.Ni.Sn.H/c1-4(6)2-3-5(7)8;;;/h2-3H2,1H3,(H,7,8);;;. The zero-order chi connectivity index (χ0) is 6.57. The van der Waals surface area contributed by atoms with Gasteiger partial charge in [0.25, 0.3) is 0 Å². The van der Waals surface area contributed by atoms with Gasteiger partial charge in [0.15, 0.2) is 0 Å². The second-order valence-corrected chi connectivity index (χ2v) is 1.60. The molecule has 0 aromatic carbocycles. The van der Waals surface area contributed by atoms with Crippen LogP contribution in [0.3, 0.4) is 0 Å². The molecular weight excluding hydrogens is 285 g/mol. The molecule has 0 aliphatic carbocycles. The first-order valence-corrected chi connectivity index (χ1v) is 2.34. The van der Waals surface area contributed by atoms with E-state index in [0.717, 1.165) is 0 Å². The molecule has 0 saturated heterocycles. The van der Waals surface area contributed by atoms with Crippen molar-refractivity contribution in [3.63, 3.8) is 0 Å². The fraction of sp³-hybridized carbons (Fsp3) is 0.600.